The molecular formula is C22H20ClN3O2. The molecule has 0 unspecified atom stereocenters. The number of carbonyl (C=O) groups excluding carboxylic acids is 2. The van der Waals surface area contributed by atoms with Crippen molar-refractivity contribution in [3.05, 3.63) is 88.6 Å². The highest BCUT2D eigenvalue weighted by Crippen LogP contribution is 2.15. The second kappa shape index (κ2) is 9.15. The number of halogens is 1. The largest absolute Gasteiger partial charge is 0.370 e. The van der Waals surface area contributed by atoms with Crippen molar-refractivity contribution < 1.29 is 9.59 Å². The molecular weight excluding hydrogens is 374 g/mol. The van der Waals surface area contributed by atoms with Gasteiger partial charge in [-0.05, 0) is 55.3 Å². The molecule has 3 aromatic rings. The normalized spacial score (nSPS) is 10.4. The first-order valence-electron chi connectivity index (χ1n) is 8.88. The Labute approximate surface area is 168 Å². The first-order valence-corrected chi connectivity index (χ1v) is 9.26. The summed E-state index contributed by atoms with van der Waals surface area (Å²) < 4.78 is 0. The zero-order valence-corrected chi connectivity index (χ0v) is 16.2. The van der Waals surface area contributed by atoms with Crippen molar-refractivity contribution in [2.75, 3.05) is 17.2 Å². The van der Waals surface area contributed by atoms with Crippen LogP contribution in [0.4, 0.5) is 11.5 Å². The number of amides is 1. The second-order valence-corrected chi connectivity index (χ2v) is 6.76. The van der Waals surface area contributed by atoms with Gasteiger partial charge in [0.15, 0.2) is 5.78 Å². The highest BCUT2D eigenvalue weighted by molar-refractivity contribution is 6.30. The number of nitrogens with one attached hydrogen (secondary N) is 2. The summed E-state index contributed by atoms with van der Waals surface area (Å²) in [6, 6.07) is 17.9. The van der Waals surface area contributed by atoms with Gasteiger partial charge in [0.2, 0.25) is 0 Å². The Bertz CT molecular complexity index is 1000. The smallest absolute Gasteiger partial charge is 0.255 e. The van der Waals surface area contributed by atoms with Crippen LogP contribution in [-0.2, 0) is 6.42 Å². The molecule has 3 rings (SSSR count). The lowest BCUT2D eigenvalue weighted by atomic mass is 10.1. The van der Waals surface area contributed by atoms with Gasteiger partial charge >= 0.3 is 0 Å². The van der Waals surface area contributed by atoms with Crippen molar-refractivity contribution in [2.45, 2.75) is 13.3 Å². The van der Waals surface area contributed by atoms with Crippen LogP contribution in [0.2, 0.25) is 5.02 Å². The maximum Gasteiger partial charge on any atom is 0.255 e. The molecule has 142 valence electrons. The number of hydrogen-bond acceptors (Lipinski definition) is 4. The zero-order valence-electron chi connectivity index (χ0n) is 15.4. The van der Waals surface area contributed by atoms with E-state index in [4.69, 9.17) is 11.6 Å². The van der Waals surface area contributed by atoms with Crippen molar-refractivity contribution in [1.29, 1.82) is 0 Å². The van der Waals surface area contributed by atoms with E-state index in [0.717, 1.165) is 12.0 Å². The molecule has 1 amide bonds. The number of rotatable bonds is 7. The van der Waals surface area contributed by atoms with Crippen LogP contribution in [0.5, 0.6) is 0 Å². The maximum atomic E-state index is 12.5. The fourth-order valence-corrected chi connectivity index (χ4v) is 2.93. The van der Waals surface area contributed by atoms with Crippen molar-refractivity contribution in [3.63, 3.8) is 0 Å². The lowest BCUT2D eigenvalue weighted by molar-refractivity contribution is 0.101. The number of pyridine rings is 1. The number of aromatic nitrogens is 1. The van der Waals surface area contributed by atoms with Crippen molar-refractivity contribution in [3.8, 4) is 0 Å². The van der Waals surface area contributed by atoms with Crippen LogP contribution in [-0.4, -0.2) is 23.2 Å². The van der Waals surface area contributed by atoms with Crippen LogP contribution >= 0.6 is 11.6 Å². The average molecular weight is 394 g/mol. The van der Waals surface area contributed by atoms with E-state index in [-0.39, 0.29) is 11.7 Å². The number of Topliss-reactive ketones (excluding diaryl/α,β-unsaturated/α-hetero) is 1. The van der Waals surface area contributed by atoms with Crippen LogP contribution in [0, 0.1) is 0 Å². The Morgan fingerprint density at radius 2 is 1.82 bits per heavy atom. The third-order valence-corrected chi connectivity index (χ3v) is 4.39. The van der Waals surface area contributed by atoms with E-state index < -0.39 is 0 Å². The van der Waals surface area contributed by atoms with Crippen LogP contribution < -0.4 is 10.6 Å². The molecule has 2 aromatic carbocycles. The number of anilines is 2. The summed E-state index contributed by atoms with van der Waals surface area (Å²) in [5, 5.41) is 6.74. The molecule has 0 atom stereocenters. The van der Waals surface area contributed by atoms with Crippen molar-refractivity contribution >= 4 is 34.8 Å². The lowest BCUT2D eigenvalue weighted by Crippen LogP contribution is -2.13. The van der Waals surface area contributed by atoms with E-state index in [1.165, 1.54) is 6.92 Å². The number of benzene rings is 2. The molecule has 1 aromatic heterocycles. The van der Waals surface area contributed by atoms with Gasteiger partial charge in [0, 0.05) is 34.6 Å². The monoisotopic (exact) mass is 393 g/mol. The van der Waals surface area contributed by atoms with Gasteiger partial charge in [0.1, 0.15) is 5.82 Å². The summed E-state index contributed by atoms with van der Waals surface area (Å²) >= 11 is 5.99. The van der Waals surface area contributed by atoms with Crippen molar-refractivity contribution in [1.82, 2.24) is 4.98 Å². The van der Waals surface area contributed by atoms with Gasteiger partial charge < -0.3 is 10.6 Å². The Morgan fingerprint density at radius 3 is 2.61 bits per heavy atom. The predicted molar refractivity (Wildman–Crippen MR) is 112 cm³/mol. The predicted octanol–water partition coefficient (Wildman–Crippen LogP) is 4.84. The van der Waals surface area contributed by atoms with Gasteiger partial charge in [-0.3, -0.25) is 9.59 Å². The quantitative estimate of drug-likeness (QED) is 0.563. The minimum Gasteiger partial charge on any atom is -0.370 e. The van der Waals surface area contributed by atoms with Crippen LogP contribution in [0.25, 0.3) is 0 Å². The Kier molecular flexibility index (Phi) is 6.40. The molecule has 5 nitrogen and oxygen atoms in total. The second-order valence-electron chi connectivity index (χ2n) is 6.33. The topological polar surface area (TPSA) is 71.1 Å². The molecule has 0 saturated carbocycles. The van der Waals surface area contributed by atoms with E-state index >= 15 is 0 Å². The zero-order chi connectivity index (χ0) is 19.9. The van der Waals surface area contributed by atoms with Gasteiger partial charge in [-0.2, -0.15) is 0 Å². The van der Waals surface area contributed by atoms with E-state index in [9.17, 15) is 9.59 Å². The van der Waals surface area contributed by atoms with Gasteiger partial charge in [-0.15, -0.1) is 0 Å². The first-order chi connectivity index (χ1) is 13.5. The van der Waals surface area contributed by atoms with Crippen LogP contribution in [0.1, 0.15) is 33.2 Å². The molecule has 0 spiro atoms. The Balaban J connectivity index is 1.61. The standard InChI is InChI=1S/C22H20ClN3O2/c1-15(27)17-5-3-7-20(13-17)26-22(28)18-9-11-25-21(14-18)24-10-8-16-4-2-6-19(23)12-16/h2-7,9,11-14H,8,10H2,1H3,(H,24,25)(H,26,28). The van der Waals surface area contributed by atoms with Crippen LogP contribution in [0.15, 0.2) is 66.9 Å². The summed E-state index contributed by atoms with van der Waals surface area (Å²) in [6.07, 6.45) is 2.37. The van der Waals surface area contributed by atoms with Gasteiger partial charge in [-0.25, -0.2) is 4.98 Å². The summed E-state index contributed by atoms with van der Waals surface area (Å²) in [4.78, 5) is 28.2. The fourth-order valence-electron chi connectivity index (χ4n) is 2.72. The highest BCUT2D eigenvalue weighted by atomic mass is 35.5. The summed E-state index contributed by atoms with van der Waals surface area (Å²) in [5.74, 6) is 0.305. The van der Waals surface area contributed by atoms with Gasteiger partial charge in [-0.1, -0.05) is 35.9 Å². The summed E-state index contributed by atoms with van der Waals surface area (Å²) in [6.45, 7) is 2.16. The molecule has 28 heavy (non-hydrogen) atoms. The highest BCUT2D eigenvalue weighted by Gasteiger charge is 2.09. The van der Waals surface area contributed by atoms with E-state index in [1.54, 1.807) is 42.6 Å². The third kappa shape index (κ3) is 5.41. The minimum atomic E-state index is -0.263. The van der Waals surface area contributed by atoms with E-state index in [1.807, 2.05) is 24.3 Å². The van der Waals surface area contributed by atoms with Crippen LogP contribution in [0.3, 0.4) is 0 Å². The molecule has 0 radical (unpaired) electrons. The van der Waals surface area contributed by atoms with E-state index in [2.05, 4.69) is 15.6 Å². The third-order valence-electron chi connectivity index (χ3n) is 4.16. The molecule has 0 aliphatic heterocycles. The van der Waals surface area contributed by atoms with Gasteiger partial charge in [0.25, 0.3) is 5.91 Å². The fraction of sp³-hybridized carbons (Fsp3) is 0.136. The molecule has 2 N–H and O–H groups in total. The Hall–Kier alpha value is -3.18. The first kappa shape index (κ1) is 19.6. The lowest BCUT2D eigenvalue weighted by Gasteiger charge is -2.09. The number of hydrogen-bond donors (Lipinski definition) is 2. The van der Waals surface area contributed by atoms with Crippen molar-refractivity contribution in [2.24, 2.45) is 0 Å². The molecule has 1 heterocycles. The molecule has 0 aliphatic rings. The number of carbonyl (C=O) groups is 2. The molecule has 0 aliphatic carbocycles. The summed E-state index contributed by atoms with van der Waals surface area (Å²) in [5.41, 5.74) is 2.73. The molecule has 0 saturated heterocycles. The average Bonchev–Trinajstić information content (AvgIpc) is 2.68. The molecule has 0 fully saturated rings. The number of ketones is 1. The minimum absolute atomic E-state index is 0.0498. The SMILES string of the molecule is CC(=O)c1cccc(NC(=O)c2ccnc(NCCc3cccc(Cl)c3)c2)c1. The molecule has 0 bridgehead atoms. The molecule has 6 heteroatoms. The maximum absolute atomic E-state index is 12.5. The number of nitrogens with zero attached hydrogens (tertiary/aromatic N) is 1. The summed E-state index contributed by atoms with van der Waals surface area (Å²) in [7, 11) is 0. The van der Waals surface area contributed by atoms with E-state index in [0.29, 0.717) is 34.2 Å². The van der Waals surface area contributed by atoms with Gasteiger partial charge in [0.05, 0.1) is 0 Å². The Morgan fingerprint density at radius 1 is 1.00 bits per heavy atom.